The highest BCUT2D eigenvalue weighted by molar-refractivity contribution is 7.14. The predicted molar refractivity (Wildman–Crippen MR) is 152 cm³/mol. The number of hydrogen-bond donors (Lipinski definition) is 2. The van der Waals surface area contributed by atoms with Crippen molar-refractivity contribution in [3.05, 3.63) is 58.1 Å². The largest absolute Gasteiger partial charge is 0.454 e. The minimum absolute atomic E-state index is 0.0284. The van der Waals surface area contributed by atoms with Crippen molar-refractivity contribution < 1.29 is 23.9 Å². The van der Waals surface area contributed by atoms with Crippen LogP contribution < -0.4 is 10.2 Å². The van der Waals surface area contributed by atoms with Crippen LogP contribution in [0.2, 0.25) is 0 Å². The van der Waals surface area contributed by atoms with Crippen molar-refractivity contribution in [1.29, 1.82) is 0 Å². The molecule has 2 N–H and O–H groups in total. The van der Waals surface area contributed by atoms with Gasteiger partial charge in [-0.15, -0.1) is 22.7 Å². The molecule has 1 unspecified atom stereocenters. The Kier molecular flexibility index (Phi) is 8.82. The van der Waals surface area contributed by atoms with E-state index in [1.165, 1.54) is 27.6 Å². The zero-order valence-electron chi connectivity index (χ0n) is 21.4. The van der Waals surface area contributed by atoms with Crippen LogP contribution in [0.1, 0.15) is 35.4 Å². The van der Waals surface area contributed by atoms with E-state index in [-0.39, 0.29) is 49.8 Å². The molecule has 0 radical (unpaired) electrons. The molecule has 1 aliphatic rings. The maximum atomic E-state index is 13.4. The van der Waals surface area contributed by atoms with Gasteiger partial charge in [0.25, 0.3) is 5.91 Å². The number of carbonyl (C=O) groups is 3. The summed E-state index contributed by atoms with van der Waals surface area (Å²) in [6.45, 7) is 1.33. The smallest absolute Gasteiger partial charge is 0.270 e. The van der Waals surface area contributed by atoms with Crippen LogP contribution in [0, 0.1) is 5.92 Å². The Labute approximate surface area is 234 Å². The summed E-state index contributed by atoms with van der Waals surface area (Å²) in [5.41, 5.74) is 1.39. The number of benzene rings is 1. The van der Waals surface area contributed by atoms with E-state index in [0.717, 1.165) is 30.4 Å². The van der Waals surface area contributed by atoms with Crippen molar-refractivity contribution in [3.8, 4) is 11.5 Å². The number of thiazole rings is 1. The normalized spacial score (nSPS) is 15.4. The van der Waals surface area contributed by atoms with E-state index in [9.17, 15) is 19.5 Å². The van der Waals surface area contributed by atoms with E-state index in [1.54, 1.807) is 11.0 Å². The van der Waals surface area contributed by atoms with Gasteiger partial charge in [0.2, 0.25) is 11.8 Å². The maximum absolute atomic E-state index is 13.4. The third-order valence-corrected chi connectivity index (χ3v) is 8.41. The number of fused-ring (bicyclic) bond motifs is 1. The van der Waals surface area contributed by atoms with E-state index in [4.69, 9.17) is 9.40 Å². The first-order valence-electron chi connectivity index (χ1n) is 13.0. The zero-order chi connectivity index (χ0) is 27.2. The first kappa shape index (κ1) is 27.2. The molecule has 5 rings (SSSR count). The van der Waals surface area contributed by atoms with Crippen molar-refractivity contribution in [2.45, 2.75) is 25.7 Å². The molecule has 0 bridgehead atoms. The second kappa shape index (κ2) is 12.6. The molecule has 39 heavy (non-hydrogen) atoms. The summed E-state index contributed by atoms with van der Waals surface area (Å²) in [6, 6.07) is 13.2. The van der Waals surface area contributed by atoms with Crippen LogP contribution in [0.4, 0.5) is 5.13 Å². The Hall–Kier alpha value is -3.38. The fourth-order valence-corrected chi connectivity index (χ4v) is 6.20. The highest BCUT2D eigenvalue weighted by atomic mass is 32.1. The lowest BCUT2D eigenvalue weighted by molar-refractivity contribution is -0.148. The maximum Gasteiger partial charge on any atom is 0.270 e. The number of piperidine rings is 1. The number of rotatable bonds is 10. The standard InChI is InChI=1S/C28H30N4O5S2/c33-14-13-31(26(35)20-7-3-11-29-17-20)25(34)10-4-12-32(27(36)24-9-5-15-38-24)28-30-21(18-39-28)23-16-19-6-1-2-8-22(19)37-23/h1-2,5-6,8-9,15-16,18,20,29,33H,3-4,7,10-14,17H2. The number of nitrogens with one attached hydrogen (secondary N) is 1. The van der Waals surface area contributed by atoms with Crippen LogP contribution in [-0.2, 0) is 9.59 Å². The van der Waals surface area contributed by atoms with E-state index >= 15 is 0 Å². The molecule has 3 amide bonds. The highest BCUT2D eigenvalue weighted by Gasteiger charge is 2.30. The van der Waals surface area contributed by atoms with Gasteiger partial charge in [-0.25, -0.2) is 4.98 Å². The molecule has 204 valence electrons. The monoisotopic (exact) mass is 566 g/mol. The number of imide groups is 1. The van der Waals surface area contributed by atoms with Crippen molar-refractivity contribution in [3.63, 3.8) is 0 Å². The van der Waals surface area contributed by atoms with E-state index in [2.05, 4.69) is 5.32 Å². The summed E-state index contributed by atoms with van der Waals surface area (Å²) in [5.74, 6) is -0.432. The van der Waals surface area contributed by atoms with Gasteiger partial charge in [0.15, 0.2) is 10.9 Å². The van der Waals surface area contributed by atoms with Crippen LogP contribution in [0.25, 0.3) is 22.4 Å². The van der Waals surface area contributed by atoms with Crippen LogP contribution in [0.15, 0.2) is 57.6 Å². The number of thiophene rings is 1. The quantitative estimate of drug-likeness (QED) is 0.292. The fourth-order valence-electron chi connectivity index (χ4n) is 4.69. The summed E-state index contributed by atoms with van der Waals surface area (Å²) in [7, 11) is 0. The molecule has 4 heterocycles. The fraction of sp³-hybridized carbons (Fsp3) is 0.357. The van der Waals surface area contributed by atoms with Gasteiger partial charge in [0.1, 0.15) is 11.3 Å². The highest BCUT2D eigenvalue weighted by Crippen LogP contribution is 2.32. The third kappa shape index (κ3) is 6.27. The second-order valence-electron chi connectivity index (χ2n) is 9.35. The van der Waals surface area contributed by atoms with Crippen LogP contribution in [0.3, 0.4) is 0 Å². The lowest BCUT2D eigenvalue weighted by Gasteiger charge is -2.28. The van der Waals surface area contributed by atoms with Gasteiger partial charge in [0.05, 0.1) is 23.9 Å². The predicted octanol–water partition coefficient (Wildman–Crippen LogP) is 4.39. The van der Waals surface area contributed by atoms with Crippen molar-refractivity contribution in [2.75, 3.05) is 37.7 Å². The molecule has 0 spiro atoms. The number of amides is 3. The molecule has 1 aromatic carbocycles. The average molecular weight is 567 g/mol. The molecule has 1 aliphatic heterocycles. The molecule has 1 saturated heterocycles. The van der Waals surface area contributed by atoms with Gasteiger partial charge in [-0.3, -0.25) is 24.2 Å². The van der Waals surface area contributed by atoms with Gasteiger partial charge in [0, 0.05) is 30.3 Å². The summed E-state index contributed by atoms with van der Waals surface area (Å²) >= 11 is 2.68. The second-order valence-corrected chi connectivity index (χ2v) is 11.1. The van der Waals surface area contributed by atoms with Crippen molar-refractivity contribution >= 4 is 56.5 Å². The molecule has 4 aromatic rings. The minimum atomic E-state index is -0.342. The first-order chi connectivity index (χ1) is 19.0. The molecule has 0 aliphatic carbocycles. The Bertz CT molecular complexity index is 1390. The number of aliphatic hydroxyl groups is 1. The number of aliphatic hydroxyl groups excluding tert-OH is 1. The molecule has 11 heteroatoms. The lowest BCUT2D eigenvalue weighted by atomic mass is 9.98. The third-order valence-electron chi connectivity index (χ3n) is 6.69. The first-order valence-corrected chi connectivity index (χ1v) is 14.8. The average Bonchev–Trinajstić information content (AvgIpc) is 3.74. The Morgan fingerprint density at radius 1 is 1.13 bits per heavy atom. The van der Waals surface area contributed by atoms with Crippen LogP contribution >= 0.6 is 22.7 Å². The van der Waals surface area contributed by atoms with Crippen LogP contribution in [-0.4, -0.2) is 65.5 Å². The number of nitrogens with zero attached hydrogens (tertiary/aromatic N) is 3. The van der Waals surface area contributed by atoms with E-state index < -0.39 is 0 Å². The summed E-state index contributed by atoms with van der Waals surface area (Å²) in [4.78, 5) is 47.5. The number of hydrogen-bond acceptors (Lipinski definition) is 9. The Balaban J connectivity index is 1.30. The topological polar surface area (TPSA) is 116 Å². The SMILES string of the molecule is O=C(CCCN(C(=O)c1cccs1)c1nc(-c2cc3ccccc3o2)cs1)N(CCO)C(=O)C1CCCNC1. The lowest BCUT2D eigenvalue weighted by Crippen LogP contribution is -2.47. The van der Waals surface area contributed by atoms with Gasteiger partial charge in [-0.1, -0.05) is 24.3 Å². The summed E-state index contributed by atoms with van der Waals surface area (Å²) in [5, 5.41) is 17.9. The molecule has 1 atom stereocenters. The number of aromatic nitrogens is 1. The van der Waals surface area contributed by atoms with Crippen LogP contribution in [0.5, 0.6) is 0 Å². The zero-order valence-corrected chi connectivity index (χ0v) is 23.0. The van der Waals surface area contributed by atoms with Gasteiger partial charge >= 0.3 is 0 Å². The number of carbonyl (C=O) groups excluding carboxylic acids is 3. The van der Waals surface area contributed by atoms with E-state index in [0.29, 0.717) is 34.4 Å². The van der Waals surface area contributed by atoms with E-state index in [1.807, 2.05) is 47.2 Å². The molecular weight excluding hydrogens is 536 g/mol. The Morgan fingerprint density at radius 3 is 2.74 bits per heavy atom. The molecule has 0 saturated carbocycles. The minimum Gasteiger partial charge on any atom is -0.454 e. The molecule has 9 nitrogen and oxygen atoms in total. The summed E-state index contributed by atoms with van der Waals surface area (Å²) < 4.78 is 5.95. The van der Waals surface area contributed by atoms with Gasteiger partial charge < -0.3 is 14.8 Å². The summed E-state index contributed by atoms with van der Waals surface area (Å²) in [6.07, 6.45) is 2.01. The van der Waals surface area contributed by atoms with Crippen molar-refractivity contribution in [1.82, 2.24) is 15.2 Å². The number of para-hydroxylation sites is 1. The Morgan fingerprint density at radius 2 is 2.00 bits per heavy atom. The number of furan rings is 1. The van der Waals surface area contributed by atoms with Crippen molar-refractivity contribution in [2.24, 2.45) is 5.92 Å². The van der Waals surface area contributed by atoms with Gasteiger partial charge in [-0.05, 0) is 49.4 Å². The van der Waals surface area contributed by atoms with Gasteiger partial charge in [-0.2, -0.15) is 0 Å². The molecule has 1 fully saturated rings. The molecule has 3 aromatic heterocycles. The number of anilines is 1. The molecular formula is C28H30N4O5S2.